The van der Waals surface area contributed by atoms with Crippen LogP contribution in [0.3, 0.4) is 0 Å². The zero-order chi connectivity index (χ0) is 49.7. The smallest absolute Gasteiger partial charge is 0.338 e. The van der Waals surface area contributed by atoms with E-state index in [9.17, 15) is 40.0 Å². The number of esters is 4. The number of ether oxygens (including phenoxy) is 4. The van der Waals surface area contributed by atoms with E-state index in [1.54, 1.807) is 0 Å². The van der Waals surface area contributed by atoms with Crippen molar-refractivity contribution in [3.8, 4) is 0 Å². The largest absolute Gasteiger partial charge is 0.462 e. The van der Waals surface area contributed by atoms with Gasteiger partial charge in [-0.2, -0.15) is 20.3 Å². The SMILES string of the molecule is CC1(C)CC(COC(=O)c2ccc(C(=O)OCC3CC(C)(C)N(O)C3(C)C)c3c(C(=O)OCC4CC(C)(C)N(O)C4(C)C)ccc(C(=O)OCC4CC(C)(C)N(O)C4(C)C)c23)C(C)(C)N1O. The third-order valence-corrected chi connectivity index (χ3v) is 16.2. The molecule has 6 rings (SSSR count). The quantitative estimate of drug-likeness (QED) is 0.117. The van der Waals surface area contributed by atoms with Gasteiger partial charge in [0, 0.05) is 78.8 Å². The maximum absolute atomic E-state index is 14.5. The van der Waals surface area contributed by atoms with Crippen LogP contribution in [0.4, 0.5) is 0 Å². The minimum Gasteiger partial charge on any atom is -0.462 e. The molecule has 0 radical (unpaired) electrons. The molecule has 0 saturated carbocycles. The van der Waals surface area contributed by atoms with Crippen molar-refractivity contribution in [3.63, 3.8) is 0 Å². The van der Waals surface area contributed by atoms with Crippen LogP contribution in [0.1, 0.15) is 178 Å². The van der Waals surface area contributed by atoms with Crippen LogP contribution in [0.2, 0.25) is 0 Å². The number of fused-ring (bicyclic) bond motifs is 1. The summed E-state index contributed by atoms with van der Waals surface area (Å²) < 4.78 is 24.1. The number of carbonyl (C=O) groups excluding carboxylic acids is 4. The second-order valence-corrected chi connectivity index (χ2v) is 24.2. The molecule has 0 spiro atoms. The lowest BCUT2D eigenvalue weighted by atomic mass is 9.87. The zero-order valence-electron chi connectivity index (χ0n) is 42.1. The fourth-order valence-electron chi connectivity index (χ4n) is 11.8. The molecule has 16 nitrogen and oxygen atoms in total. The molecule has 16 heteroatoms. The van der Waals surface area contributed by atoms with Crippen molar-refractivity contribution in [2.75, 3.05) is 26.4 Å². The van der Waals surface area contributed by atoms with Crippen LogP contribution in [0.15, 0.2) is 24.3 Å². The summed E-state index contributed by atoms with van der Waals surface area (Å²) in [6, 6.07) is 5.49. The highest BCUT2D eigenvalue weighted by atomic mass is 16.6. The predicted octanol–water partition coefficient (Wildman–Crippen LogP) is 8.54. The Balaban J connectivity index is 1.45. The van der Waals surface area contributed by atoms with Gasteiger partial charge in [-0.05, 0) is 161 Å². The summed E-state index contributed by atoms with van der Waals surface area (Å²) in [5.41, 5.74) is -5.92. The van der Waals surface area contributed by atoms with Crippen molar-refractivity contribution >= 4 is 34.6 Å². The number of hydrogen-bond acceptors (Lipinski definition) is 16. The van der Waals surface area contributed by atoms with Gasteiger partial charge in [0.2, 0.25) is 0 Å². The second-order valence-electron chi connectivity index (χ2n) is 24.2. The van der Waals surface area contributed by atoms with Crippen molar-refractivity contribution < 1.29 is 59.0 Å². The predicted molar refractivity (Wildman–Crippen MR) is 245 cm³/mol. The number of nitrogens with zero attached hydrogens (tertiary/aromatic N) is 4. The Labute approximate surface area is 390 Å². The molecule has 4 saturated heterocycles. The maximum Gasteiger partial charge on any atom is 0.338 e. The molecule has 4 atom stereocenters. The molecule has 368 valence electrons. The average Bonchev–Trinajstić information content (AvgIpc) is 3.64. The summed E-state index contributed by atoms with van der Waals surface area (Å²) >= 11 is 0. The summed E-state index contributed by atoms with van der Waals surface area (Å²) in [7, 11) is 0. The molecule has 4 fully saturated rings. The lowest BCUT2D eigenvalue weighted by Crippen LogP contribution is -2.47. The van der Waals surface area contributed by atoms with E-state index in [1.165, 1.54) is 44.5 Å². The summed E-state index contributed by atoms with van der Waals surface area (Å²) in [4.78, 5) is 58.1. The summed E-state index contributed by atoms with van der Waals surface area (Å²) in [5.74, 6) is -4.51. The molecule has 4 aliphatic heterocycles. The molecular weight excluding hydrogens is 849 g/mol. The molecule has 4 heterocycles. The van der Waals surface area contributed by atoms with Crippen molar-refractivity contribution in [1.29, 1.82) is 0 Å². The summed E-state index contributed by atoms with van der Waals surface area (Å²) in [6.45, 7) is 29.7. The van der Waals surface area contributed by atoms with Gasteiger partial charge in [0.1, 0.15) is 0 Å². The first-order valence-electron chi connectivity index (χ1n) is 23.3. The molecule has 4 aliphatic rings. The van der Waals surface area contributed by atoms with E-state index in [0.29, 0.717) is 25.7 Å². The van der Waals surface area contributed by atoms with Crippen LogP contribution in [-0.4, -0.2) is 136 Å². The summed E-state index contributed by atoms with van der Waals surface area (Å²) in [6.07, 6.45) is 2.03. The fraction of sp³-hybridized carbons (Fsp3) is 0.720. The Morgan fingerprint density at radius 2 is 0.561 bits per heavy atom. The zero-order valence-corrected chi connectivity index (χ0v) is 42.1. The van der Waals surface area contributed by atoms with E-state index in [1.807, 2.05) is 111 Å². The Morgan fingerprint density at radius 3 is 0.697 bits per heavy atom. The molecule has 0 amide bonds. The highest BCUT2D eigenvalue weighted by Gasteiger charge is 2.55. The van der Waals surface area contributed by atoms with Gasteiger partial charge >= 0.3 is 23.9 Å². The first-order valence-corrected chi connectivity index (χ1v) is 23.3. The van der Waals surface area contributed by atoms with Gasteiger partial charge in [-0.15, -0.1) is 0 Å². The van der Waals surface area contributed by atoms with Crippen molar-refractivity contribution in [2.24, 2.45) is 23.7 Å². The minimum atomic E-state index is -0.838. The molecule has 0 bridgehead atoms. The number of hydrogen-bond donors (Lipinski definition) is 4. The highest BCUT2D eigenvalue weighted by molar-refractivity contribution is 6.22. The minimum absolute atomic E-state index is 0.0776. The van der Waals surface area contributed by atoms with E-state index in [2.05, 4.69) is 0 Å². The monoisotopic (exact) mass is 925 g/mol. The molecule has 2 aromatic rings. The fourth-order valence-corrected chi connectivity index (χ4v) is 11.8. The molecule has 0 aromatic heterocycles. The highest BCUT2D eigenvalue weighted by Crippen LogP contribution is 2.47. The molecular formula is C50H76N4O12. The molecule has 0 aliphatic carbocycles. The van der Waals surface area contributed by atoms with Gasteiger partial charge in [0.05, 0.1) is 48.7 Å². The third kappa shape index (κ3) is 8.89. The number of carbonyl (C=O) groups is 4. The Morgan fingerprint density at radius 1 is 0.394 bits per heavy atom. The van der Waals surface area contributed by atoms with Gasteiger partial charge in [-0.1, -0.05) is 0 Å². The average molecular weight is 925 g/mol. The van der Waals surface area contributed by atoms with E-state index in [-0.39, 0.29) is 83.1 Å². The van der Waals surface area contributed by atoms with Crippen LogP contribution in [0.5, 0.6) is 0 Å². The van der Waals surface area contributed by atoms with Gasteiger partial charge < -0.3 is 39.8 Å². The van der Waals surface area contributed by atoms with Crippen LogP contribution in [0, 0.1) is 23.7 Å². The Bertz CT molecular complexity index is 1940. The number of benzene rings is 2. The van der Waals surface area contributed by atoms with E-state index < -0.39 is 68.2 Å². The first kappa shape index (κ1) is 51.6. The lowest BCUT2D eigenvalue weighted by molar-refractivity contribution is -0.198. The van der Waals surface area contributed by atoms with Crippen molar-refractivity contribution in [1.82, 2.24) is 20.3 Å². The van der Waals surface area contributed by atoms with Crippen LogP contribution < -0.4 is 0 Å². The van der Waals surface area contributed by atoms with Crippen molar-refractivity contribution in [3.05, 3.63) is 46.5 Å². The second kappa shape index (κ2) is 17.0. The molecule has 66 heavy (non-hydrogen) atoms. The van der Waals surface area contributed by atoms with Gasteiger partial charge in [0.25, 0.3) is 0 Å². The molecule has 4 unspecified atom stereocenters. The van der Waals surface area contributed by atoms with Crippen LogP contribution >= 0.6 is 0 Å². The van der Waals surface area contributed by atoms with Gasteiger partial charge in [0.15, 0.2) is 0 Å². The first-order chi connectivity index (χ1) is 30.0. The topological polar surface area (TPSA) is 199 Å². The number of hydroxylamine groups is 8. The summed E-state index contributed by atoms with van der Waals surface area (Å²) in [5, 5.41) is 49.0. The van der Waals surface area contributed by atoms with Gasteiger partial charge in [-0.3, -0.25) is 0 Å². The third-order valence-electron chi connectivity index (χ3n) is 16.2. The van der Waals surface area contributed by atoms with E-state index >= 15 is 0 Å². The van der Waals surface area contributed by atoms with E-state index in [4.69, 9.17) is 18.9 Å². The molecule has 2 aromatic carbocycles. The van der Waals surface area contributed by atoms with Crippen LogP contribution in [0.25, 0.3) is 10.8 Å². The molecule has 4 N–H and O–H groups in total. The number of rotatable bonds is 12. The lowest BCUT2D eigenvalue weighted by Gasteiger charge is -2.36. The Hall–Kier alpha value is -3.74. The van der Waals surface area contributed by atoms with E-state index in [0.717, 1.165) is 0 Å². The normalized spacial score (nSPS) is 28.4. The Kier molecular flexibility index (Phi) is 13.3. The van der Waals surface area contributed by atoms with Gasteiger partial charge in [-0.25, -0.2) is 19.2 Å². The van der Waals surface area contributed by atoms with Crippen molar-refractivity contribution in [2.45, 2.75) is 181 Å². The standard InChI is InChI=1S/C50H76N4O12/c1-43(2)21-29(47(9,10)51(43)59)25-63-39(55)33-17-18-35(41(57)65-27-31-23-45(5,6)53(61)49(31,13)14)38-36(42(58)66-28-32-24-46(7,8)54(62)50(32,15)16)20-19-34(37(33)38)40(56)64-26-30-22-44(3,4)52(60)48(30,11)12/h17-20,29-32,59-62H,21-28H2,1-16H3. The van der Waals surface area contributed by atoms with Crippen LogP contribution in [-0.2, 0) is 18.9 Å². The maximum atomic E-state index is 14.5.